The summed E-state index contributed by atoms with van der Waals surface area (Å²) in [4.78, 5) is 10.5. The maximum Gasteiger partial charge on any atom is 0.292 e. The number of nitro benzene ring substituents is 1. The van der Waals surface area contributed by atoms with Crippen LogP contribution >= 0.6 is 0 Å². The molecule has 1 atom stereocenters. The molecule has 0 radical (unpaired) electrons. The van der Waals surface area contributed by atoms with Crippen LogP contribution in [0.3, 0.4) is 0 Å². The van der Waals surface area contributed by atoms with Crippen molar-refractivity contribution in [1.29, 1.82) is 0 Å². The van der Waals surface area contributed by atoms with Crippen molar-refractivity contribution < 1.29 is 9.31 Å². The Bertz CT molecular complexity index is 488. The van der Waals surface area contributed by atoms with E-state index in [0.29, 0.717) is 0 Å². The van der Waals surface area contributed by atoms with Gasteiger partial charge in [0.05, 0.1) is 4.92 Å². The van der Waals surface area contributed by atoms with Crippen LogP contribution in [0.15, 0.2) is 18.2 Å². The Labute approximate surface area is 112 Å². The average Bonchev–Trinajstić information content (AvgIpc) is 2.27. The highest BCUT2D eigenvalue weighted by atomic mass is 19.1. The maximum absolute atomic E-state index is 13.3. The van der Waals surface area contributed by atoms with Gasteiger partial charge in [-0.2, -0.15) is 0 Å². The molecule has 104 valence electrons. The lowest BCUT2D eigenvalue weighted by Crippen LogP contribution is -2.31. The van der Waals surface area contributed by atoms with Crippen LogP contribution in [0, 0.1) is 21.3 Å². The fourth-order valence-electron chi connectivity index (χ4n) is 2.82. The molecule has 0 amide bonds. The van der Waals surface area contributed by atoms with Gasteiger partial charge in [-0.05, 0) is 30.7 Å². The Hall–Kier alpha value is -1.65. The third-order valence-electron chi connectivity index (χ3n) is 3.72. The van der Waals surface area contributed by atoms with Gasteiger partial charge < -0.3 is 5.32 Å². The second-order valence-electron chi connectivity index (χ2n) is 6.02. The molecule has 0 aliphatic heterocycles. The minimum absolute atomic E-state index is 0.0650. The molecule has 0 spiro atoms. The zero-order valence-electron chi connectivity index (χ0n) is 11.3. The van der Waals surface area contributed by atoms with E-state index < -0.39 is 10.7 Å². The maximum atomic E-state index is 13.3. The van der Waals surface area contributed by atoms with Crippen molar-refractivity contribution in [2.45, 2.75) is 45.6 Å². The van der Waals surface area contributed by atoms with Crippen LogP contribution in [0.4, 0.5) is 15.8 Å². The van der Waals surface area contributed by atoms with Crippen molar-refractivity contribution in [2.24, 2.45) is 5.41 Å². The number of halogens is 1. The lowest BCUT2D eigenvalue weighted by atomic mass is 9.75. The summed E-state index contributed by atoms with van der Waals surface area (Å²) in [5.74, 6) is -0.455. The lowest BCUT2D eigenvalue weighted by molar-refractivity contribution is -0.384. The van der Waals surface area contributed by atoms with Crippen LogP contribution in [0.2, 0.25) is 0 Å². The molecule has 1 N–H and O–H groups in total. The van der Waals surface area contributed by atoms with Crippen molar-refractivity contribution in [3.63, 3.8) is 0 Å². The first-order chi connectivity index (χ1) is 8.87. The van der Waals surface area contributed by atoms with E-state index in [4.69, 9.17) is 0 Å². The lowest BCUT2D eigenvalue weighted by Gasteiger charge is -2.35. The summed E-state index contributed by atoms with van der Waals surface area (Å²) in [6.07, 6.45) is 4.17. The predicted octanol–water partition coefficient (Wildman–Crippen LogP) is 4.11. The zero-order valence-corrected chi connectivity index (χ0v) is 11.3. The van der Waals surface area contributed by atoms with E-state index in [9.17, 15) is 14.5 Å². The second-order valence-corrected chi connectivity index (χ2v) is 6.02. The third kappa shape index (κ3) is 3.43. The molecule has 1 saturated carbocycles. The average molecular weight is 266 g/mol. The molecule has 4 nitrogen and oxygen atoms in total. The van der Waals surface area contributed by atoms with Gasteiger partial charge in [0, 0.05) is 18.2 Å². The number of nitro groups is 1. The molecular formula is C14H19FN2O2. The molecule has 0 aromatic heterocycles. The first-order valence-electron chi connectivity index (χ1n) is 6.58. The highest BCUT2D eigenvalue weighted by Crippen LogP contribution is 2.37. The number of rotatable bonds is 3. The fourth-order valence-corrected chi connectivity index (χ4v) is 2.82. The van der Waals surface area contributed by atoms with E-state index in [-0.39, 0.29) is 22.8 Å². The van der Waals surface area contributed by atoms with Crippen LogP contribution in [0.1, 0.15) is 39.5 Å². The van der Waals surface area contributed by atoms with Gasteiger partial charge >= 0.3 is 0 Å². The molecular weight excluding hydrogens is 247 g/mol. The molecule has 1 unspecified atom stereocenters. The first-order valence-corrected chi connectivity index (χ1v) is 6.58. The quantitative estimate of drug-likeness (QED) is 0.661. The Morgan fingerprint density at radius 1 is 1.47 bits per heavy atom. The summed E-state index contributed by atoms with van der Waals surface area (Å²) < 4.78 is 13.3. The number of anilines is 1. The van der Waals surface area contributed by atoms with Gasteiger partial charge in [0.25, 0.3) is 5.69 Å². The van der Waals surface area contributed by atoms with Crippen LogP contribution in [0.5, 0.6) is 0 Å². The van der Waals surface area contributed by atoms with Gasteiger partial charge in [0.1, 0.15) is 11.5 Å². The van der Waals surface area contributed by atoms with Crippen LogP contribution < -0.4 is 5.32 Å². The number of hydrogen-bond donors (Lipinski definition) is 1. The molecule has 2 rings (SSSR count). The van der Waals surface area contributed by atoms with E-state index in [0.717, 1.165) is 31.7 Å². The molecule has 1 aliphatic rings. The van der Waals surface area contributed by atoms with Gasteiger partial charge in [-0.25, -0.2) is 4.39 Å². The van der Waals surface area contributed by atoms with Crippen LogP contribution in [-0.2, 0) is 0 Å². The monoisotopic (exact) mass is 266 g/mol. The Kier molecular flexibility index (Phi) is 3.73. The number of benzene rings is 1. The molecule has 1 aromatic rings. The zero-order chi connectivity index (χ0) is 14.0. The second kappa shape index (κ2) is 5.15. The van der Waals surface area contributed by atoms with Gasteiger partial charge in [0.2, 0.25) is 0 Å². The highest BCUT2D eigenvalue weighted by molar-refractivity contribution is 5.61. The molecule has 1 fully saturated rings. The molecule has 0 bridgehead atoms. The number of nitrogens with zero attached hydrogens (tertiary/aromatic N) is 1. The number of nitrogens with one attached hydrogen (secondary N) is 1. The minimum atomic E-state index is -0.476. The summed E-state index contributed by atoms with van der Waals surface area (Å²) in [6, 6.07) is 3.71. The van der Waals surface area contributed by atoms with E-state index in [2.05, 4.69) is 19.2 Å². The standard InChI is InChI=1S/C14H19FN2O2/c1-14(2)7-3-4-11(9-14)16-12-8-10(15)5-6-13(12)17(18)19/h5-6,8,11,16H,3-4,7,9H2,1-2H3. The minimum Gasteiger partial charge on any atom is -0.377 e. The Morgan fingerprint density at radius 3 is 2.84 bits per heavy atom. The van der Waals surface area contributed by atoms with E-state index in [1.54, 1.807) is 0 Å². The fraction of sp³-hybridized carbons (Fsp3) is 0.571. The van der Waals surface area contributed by atoms with Crippen molar-refractivity contribution in [1.82, 2.24) is 0 Å². The predicted molar refractivity (Wildman–Crippen MR) is 72.7 cm³/mol. The van der Waals surface area contributed by atoms with E-state index in [1.807, 2.05) is 0 Å². The van der Waals surface area contributed by atoms with E-state index >= 15 is 0 Å². The third-order valence-corrected chi connectivity index (χ3v) is 3.72. The SMILES string of the molecule is CC1(C)CCCC(Nc2cc(F)ccc2[N+](=O)[O-])C1. The van der Waals surface area contributed by atoms with Crippen molar-refractivity contribution in [3.05, 3.63) is 34.1 Å². The molecule has 5 heteroatoms. The summed E-state index contributed by atoms with van der Waals surface area (Å²) in [5.41, 5.74) is 0.454. The normalized spacial score (nSPS) is 21.9. The summed E-state index contributed by atoms with van der Waals surface area (Å²) in [5, 5.41) is 14.1. The highest BCUT2D eigenvalue weighted by Gasteiger charge is 2.29. The summed E-state index contributed by atoms with van der Waals surface area (Å²) in [7, 11) is 0. The largest absolute Gasteiger partial charge is 0.377 e. The molecule has 0 saturated heterocycles. The molecule has 1 aromatic carbocycles. The van der Waals surface area contributed by atoms with Crippen LogP contribution in [-0.4, -0.2) is 11.0 Å². The summed E-state index contributed by atoms with van der Waals surface area (Å²) >= 11 is 0. The first kappa shape index (κ1) is 13.8. The number of hydrogen-bond acceptors (Lipinski definition) is 3. The topological polar surface area (TPSA) is 55.2 Å². The van der Waals surface area contributed by atoms with E-state index in [1.165, 1.54) is 12.1 Å². The van der Waals surface area contributed by atoms with Crippen molar-refractivity contribution in [3.8, 4) is 0 Å². The Balaban J connectivity index is 2.18. The Morgan fingerprint density at radius 2 is 2.21 bits per heavy atom. The van der Waals surface area contributed by atoms with Gasteiger partial charge in [0.15, 0.2) is 0 Å². The van der Waals surface area contributed by atoms with Gasteiger partial charge in [-0.15, -0.1) is 0 Å². The smallest absolute Gasteiger partial charge is 0.292 e. The van der Waals surface area contributed by atoms with Crippen LogP contribution in [0.25, 0.3) is 0 Å². The van der Waals surface area contributed by atoms with Gasteiger partial charge in [-0.1, -0.05) is 20.3 Å². The van der Waals surface area contributed by atoms with Crippen molar-refractivity contribution in [2.75, 3.05) is 5.32 Å². The molecule has 1 aliphatic carbocycles. The van der Waals surface area contributed by atoms with Gasteiger partial charge in [-0.3, -0.25) is 10.1 Å². The molecule has 0 heterocycles. The molecule has 19 heavy (non-hydrogen) atoms. The summed E-state index contributed by atoms with van der Waals surface area (Å²) in [6.45, 7) is 4.39. The van der Waals surface area contributed by atoms with Crippen molar-refractivity contribution >= 4 is 11.4 Å².